The van der Waals surface area contributed by atoms with Gasteiger partial charge in [0, 0.05) is 24.2 Å². The van der Waals surface area contributed by atoms with Gasteiger partial charge in [-0.3, -0.25) is 4.79 Å². The molecule has 3 rings (SSSR count). The third-order valence-corrected chi connectivity index (χ3v) is 5.33. The first-order valence-electron chi connectivity index (χ1n) is 8.37. The molecular formula is C19H20ClN5OS. The monoisotopic (exact) mass is 401 g/mol. The van der Waals surface area contributed by atoms with Crippen molar-refractivity contribution < 1.29 is 4.79 Å². The van der Waals surface area contributed by atoms with Gasteiger partial charge in [0.15, 0.2) is 5.82 Å². The molecule has 1 heterocycles. The van der Waals surface area contributed by atoms with Crippen LogP contribution in [0.1, 0.15) is 12.5 Å². The maximum Gasteiger partial charge on any atom is 0.235 e. The summed E-state index contributed by atoms with van der Waals surface area (Å²) in [6.07, 6.45) is 0. The standard InChI is InChI=1S/C19H20ClN5OS/c1-13(18(26)24(2)12-14-6-4-3-5-7-14)27-19-23-22-17(25(19)21)15-8-10-16(20)11-9-15/h3-11,13H,12,21H2,1-2H3/t13-/m0/s1. The molecule has 1 atom stereocenters. The molecule has 0 aliphatic carbocycles. The van der Waals surface area contributed by atoms with Crippen LogP contribution in [0.5, 0.6) is 0 Å². The van der Waals surface area contributed by atoms with E-state index in [2.05, 4.69) is 10.2 Å². The highest BCUT2D eigenvalue weighted by Crippen LogP contribution is 2.26. The number of hydrogen-bond donors (Lipinski definition) is 1. The minimum Gasteiger partial charge on any atom is -0.340 e. The minimum absolute atomic E-state index is 0.0000963. The molecule has 1 aromatic heterocycles. The first-order valence-corrected chi connectivity index (χ1v) is 9.63. The van der Waals surface area contributed by atoms with Crippen LogP contribution in [0.4, 0.5) is 0 Å². The van der Waals surface area contributed by atoms with E-state index in [9.17, 15) is 4.79 Å². The van der Waals surface area contributed by atoms with E-state index >= 15 is 0 Å². The maximum absolute atomic E-state index is 12.7. The second kappa shape index (κ2) is 8.45. The topological polar surface area (TPSA) is 77.0 Å². The Morgan fingerprint density at radius 2 is 1.85 bits per heavy atom. The van der Waals surface area contributed by atoms with Gasteiger partial charge in [-0.25, -0.2) is 4.68 Å². The molecular weight excluding hydrogens is 382 g/mol. The van der Waals surface area contributed by atoms with Crippen molar-refractivity contribution in [1.29, 1.82) is 0 Å². The summed E-state index contributed by atoms with van der Waals surface area (Å²) in [6, 6.07) is 17.1. The first kappa shape index (κ1) is 19.3. The average Bonchev–Trinajstić information content (AvgIpc) is 3.03. The predicted octanol–water partition coefficient (Wildman–Crippen LogP) is 3.45. The van der Waals surface area contributed by atoms with E-state index < -0.39 is 0 Å². The van der Waals surface area contributed by atoms with Crippen molar-refractivity contribution in [2.45, 2.75) is 23.9 Å². The van der Waals surface area contributed by atoms with E-state index in [1.165, 1.54) is 16.4 Å². The summed E-state index contributed by atoms with van der Waals surface area (Å²) in [6.45, 7) is 2.39. The van der Waals surface area contributed by atoms with Crippen LogP contribution in [0.2, 0.25) is 5.02 Å². The first-order chi connectivity index (χ1) is 13.0. The van der Waals surface area contributed by atoms with E-state index in [1.807, 2.05) is 49.4 Å². The molecule has 0 saturated heterocycles. The van der Waals surface area contributed by atoms with E-state index in [-0.39, 0.29) is 11.2 Å². The van der Waals surface area contributed by atoms with Gasteiger partial charge in [-0.2, -0.15) is 0 Å². The van der Waals surface area contributed by atoms with Crippen LogP contribution in [0.25, 0.3) is 11.4 Å². The van der Waals surface area contributed by atoms with Crippen molar-refractivity contribution in [3.05, 3.63) is 65.2 Å². The summed E-state index contributed by atoms with van der Waals surface area (Å²) >= 11 is 7.20. The lowest BCUT2D eigenvalue weighted by atomic mass is 10.2. The van der Waals surface area contributed by atoms with Gasteiger partial charge in [0.2, 0.25) is 11.1 Å². The molecule has 3 aromatic rings. The van der Waals surface area contributed by atoms with Crippen molar-refractivity contribution in [3.8, 4) is 11.4 Å². The lowest BCUT2D eigenvalue weighted by molar-refractivity contribution is -0.129. The number of carbonyl (C=O) groups excluding carboxylic acids is 1. The molecule has 0 bridgehead atoms. The van der Waals surface area contributed by atoms with Crippen molar-refractivity contribution in [3.63, 3.8) is 0 Å². The smallest absolute Gasteiger partial charge is 0.235 e. The number of halogens is 1. The Morgan fingerprint density at radius 1 is 1.19 bits per heavy atom. The second-order valence-corrected chi connectivity index (χ2v) is 7.87. The zero-order chi connectivity index (χ0) is 19.4. The van der Waals surface area contributed by atoms with Crippen LogP contribution in [0.3, 0.4) is 0 Å². The summed E-state index contributed by atoms with van der Waals surface area (Å²) in [4.78, 5) is 14.4. The largest absolute Gasteiger partial charge is 0.340 e. The van der Waals surface area contributed by atoms with Gasteiger partial charge < -0.3 is 10.7 Å². The molecule has 27 heavy (non-hydrogen) atoms. The number of nitrogen functional groups attached to an aromatic ring is 1. The van der Waals surface area contributed by atoms with Crippen LogP contribution in [-0.2, 0) is 11.3 Å². The third kappa shape index (κ3) is 4.61. The summed E-state index contributed by atoms with van der Waals surface area (Å²) < 4.78 is 1.40. The van der Waals surface area contributed by atoms with Gasteiger partial charge in [0.1, 0.15) is 0 Å². The molecule has 0 saturated carbocycles. The Kier molecular flexibility index (Phi) is 6.03. The number of carbonyl (C=O) groups is 1. The van der Waals surface area contributed by atoms with Gasteiger partial charge >= 0.3 is 0 Å². The van der Waals surface area contributed by atoms with Crippen LogP contribution < -0.4 is 5.84 Å². The molecule has 140 valence electrons. The lowest BCUT2D eigenvalue weighted by Gasteiger charge is -2.21. The number of hydrogen-bond acceptors (Lipinski definition) is 5. The van der Waals surface area contributed by atoms with Gasteiger partial charge in [-0.15, -0.1) is 10.2 Å². The number of amides is 1. The molecule has 0 aliphatic heterocycles. The Bertz CT molecular complexity index is 914. The molecule has 2 aromatic carbocycles. The highest BCUT2D eigenvalue weighted by atomic mass is 35.5. The Balaban J connectivity index is 1.67. The molecule has 8 heteroatoms. The molecule has 0 unspecified atom stereocenters. The number of aromatic nitrogens is 3. The molecule has 0 spiro atoms. The van der Waals surface area contributed by atoms with Crippen molar-refractivity contribution in [1.82, 2.24) is 19.8 Å². The van der Waals surface area contributed by atoms with E-state index in [0.717, 1.165) is 11.1 Å². The summed E-state index contributed by atoms with van der Waals surface area (Å²) in [5.74, 6) is 6.65. The normalized spacial score (nSPS) is 12.0. The van der Waals surface area contributed by atoms with Gasteiger partial charge in [0.05, 0.1) is 5.25 Å². The van der Waals surface area contributed by atoms with E-state index in [1.54, 1.807) is 24.1 Å². The van der Waals surface area contributed by atoms with Crippen molar-refractivity contribution in [2.24, 2.45) is 0 Å². The number of nitrogens with two attached hydrogens (primary N) is 1. The fraction of sp³-hybridized carbons (Fsp3) is 0.211. The van der Waals surface area contributed by atoms with E-state index in [4.69, 9.17) is 17.4 Å². The summed E-state index contributed by atoms with van der Waals surface area (Å²) in [7, 11) is 1.79. The minimum atomic E-state index is -0.344. The number of rotatable bonds is 6. The molecule has 0 aliphatic rings. The van der Waals surface area contributed by atoms with E-state index in [0.29, 0.717) is 22.5 Å². The van der Waals surface area contributed by atoms with Crippen molar-refractivity contribution in [2.75, 3.05) is 12.9 Å². The molecule has 1 amide bonds. The number of benzene rings is 2. The Morgan fingerprint density at radius 3 is 2.52 bits per heavy atom. The Hall–Kier alpha value is -2.51. The fourth-order valence-corrected chi connectivity index (χ4v) is 3.62. The lowest BCUT2D eigenvalue weighted by Crippen LogP contribution is -2.33. The van der Waals surface area contributed by atoms with Gasteiger partial charge in [-0.05, 0) is 36.8 Å². The second-order valence-electron chi connectivity index (χ2n) is 6.12. The fourth-order valence-electron chi connectivity index (χ4n) is 2.61. The number of thioether (sulfide) groups is 1. The average molecular weight is 402 g/mol. The van der Waals surface area contributed by atoms with Crippen LogP contribution in [-0.4, -0.2) is 38.0 Å². The zero-order valence-corrected chi connectivity index (χ0v) is 16.6. The highest BCUT2D eigenvalue weighted by molar-refractivity contribution is 8.00. The van der Waals surface area contributed by atoms with Gasteiger partial charge in [-0.1, -0.05) is 53.7 Å². The molecule has 2 N–H and O–H groups in total. The zero-order valence-electron chi connectivity index (χ0n) is 15.0. The summed E-state index contributed by atoms with van der Waals surface area (Å²) in [5, 5.41) is 9.04. The maximum atomic E-state index is 12.7. The van der Waals surface area contributed by atoms with Crippen molar-refractivity contribution >= 4 is 29.3 Å². The van der Waals surface area contributed by atoms with Crippen LogP contribution in [0, 0.1) is 0 Å². The Labute approximate surface area is 167 Å². The predicted molar refractivity (Wildman–Crippen MR) is 109 cm³/mol. The van der Waals surface area contributed by atoms with Crippen LogP contribution in [0.15, 0.2) is 59.8 Å². The SMILES string of the molecule is C[C@H](Sc1nnc(-c2ccc(Cl)cc2)n1N)C(=O)N(C)Cc1ccccc1. The highest BCUT2D eigenvalue weighted by Gasteiger charge is 2.22. The molecule has 6 nitrogen and oxygen atoms in total. The molecule has 0 radical (unpaired) electrons. The van der Waals surface area contributed by atoms with Crippen LogP contribution >= 0.6 is 23.4 Å². The molecule has 0 fully saturated rings. The third-order valence-electron chi connectivity index (χ3n) is 4.04. The summed E-state index contributed by atoms with van der Waals surface area (Å²) in [5.41, 5.74) is 1.89. The quantitative estimate of drug-likeness (QED) is 0.505. The number of nitrogens with zero attached hydrogens (tertiary/aromatic N) is 4. The van der Waals surface area contributed by atoms with Gasteiger partial charge in [0.25, 0.3) is 0 Å².